The molecule has 0 spiro atoms. The van der Waals surface area contributed by atoms with E-state index in [4.69, 9.17) is 5.73 Å². The molecule has 0 aliphatic rings. The number of aryl methyl sites for hydroxylation is 2. The molecule has 1 nitrogen and oxygen atoms in total. The molecule has 13 heavy (non-hydrogen) atoms. The highest BCUT2D eigenvalue weighted by molar-refractivity contribution is 5.33. The summed E-state index contributed by atoms with van der Waals surface area (Å²) in [4.78, 5) is 0. The molecule has 2 N–H and O–H groups in total. The molecule has 0 saturated heterocycles. The molecule has 0 saturated carbocycles. The summed E-state index contributed by atoms with van der Waals surface area (Å²) in [6, 6.07) is 6.48. The van der Waals surface area contributed by atoms with Gasteiger partial charge in [-0.05, 0) is 31.4 Å². The molecule has 0 aromatic heterocycles. The van der Waals surface area contributed by atoms with Crippen LogP contribution in [0.3, 0.4) is 0 Å². The van der Waals surface area contributed by atoms with Gasteiger partial charge in [-0.2, -0.15) is 0 Å². The third-order valence-electron chi connectivity index (χ3n) is 2.25. The van der Waals surface area contributed by atoms with Crippen LogP contribution in [0.1, 0.15) is 29.2 Å². The van der Waals surface area contributed by atoms with Crippen LogP contribution in [0.15, 0.2) is 30.9 Å². The molecule has 1 rings (SSSR count). The number of rotatable bonds is 3. The average molecular weight is 175 g/mol. The maximum Gasteiger partial charge on any atom is 0.0332 e. The Morgan fingerprint density at radius 2 is 2.15 bits per heavy atom. The summed E-state index contributed by atoms with van der Waals surface area (Å²) in [6.45, 7) is 7.88. The van der Waals surface area contributed by atoms with Crippen molar-refractivity contribution in [3.63, 3.8) is 0 Å². The molecule has 1 atom stereocenters. The van der Waals surface area contributed by atoms with Crippen molar-refractivity contribution in [3.05, 3.63) is 47.5 Å². The molecule has 0 heterocycles. The topological polar surface area (TPSA) is 26.0 Å². The number of nitrogens with two attached hydrogens (primary N) is 1. The van der Waals surface area contributed by atoms with Gasteiger partial charge in [-0.1, -0.05) is 29.8 Å². The zero-order valence-corrected chi connectivity index (χ0v) is 8.38. The predicted octanol–water partition coefficient (Wildman–Crippen LogP) is 2.88. The predicted molar refractivity (Wildman–Crippen MR) is 57.7 cm³/mol. The molecular weight excluding hydrogens is 158 g/mol. The fourth-order valence-electron chi connectivity index (χ4n) is 1.47. The Bertz CT molecular complexity index is 302. The Hall–Kier alpha value is -1.08. The normalized spacial score (nSPS) is 12.5. The molecule has 0 radical (unpaired) electrons. The fourth-order valence-corrected chi connectivity index (χ4v) is 1.47. The molecule has 0 bridgehead atoms. The molecule has 0 aliphatic heterocycles. The van der Waals surface area contributed by atoms with Crippen LogP contribution in [-0.2, 0) is 0 Å². The average Bonchev–Trinajstić information content (AvgIpc) is 2.09. The van der Waals surface area contributed by atoms with E-state index < -0.39 is 0 Å². The van der Waals surface area contributed by atoms with Crippen molar-refractivity contribution in [2.45, 2.75) is 26.3 Å². The highest BCUT2D eigenvalue weighted by Crippen LogP contribution is 2.19. The van der Waals surface area contributed by atoms with E-state index in [0.29, 0.717) is 0 Å². The fraction of sp³-hybridized carbons (Fsp3) is 0.333. The molecule has 0 amide bonds. The van der Waals surface area contributed by atoms with E-state index in [9.17, 15) is 0 Å². The highest BCUT2D eigenvalue weighted by atomic mass is 14.6. The van der Waals surface area contributed by atoms with Gasteiger partial charge in [-0.15, -0.1) is 6.58 Å². The summed E-state index contributed by atoms with van der Waals surface area (Å²) in [7, 11) is 0. The van der Waals surface area contributed by atoms with Gasteiger partial charge in [0.25, 0.3) is 0 Å². The van der Waals surface area contributed by atoms with E-state index in [0.717, 1.165) is 6.42 Å². The molecule has 0 fully saturated rings. The molecule has 1 unspecified atom stereocenters. The monoisotopic (exact) mass is 175 g/mol. The van der Waals surface area contributed by atoms with E-state index in [-0.39, 0.29) is 6.04 Å². The van der Waals surface area contributed by atoms with Crippen molar-refractivity contribution >= 4 is 0 Å². The summed E-state index contributed by atoms with van der Waals surface area (Å²) >= 11 is 0. The molecular formula is C12H17N. The van der Waals surface area contributed by atoms with Crippen LogP contribution in [0, 0.1) is 13.8 Å². The first-order chi connectivity index (χ1) is 6.15. The smallest absolute Gasteiger partial charge is 0.0332 e. The van der Waals surface area contributed by atoms with Crippen molar-refractivity contribution < 1.29 is 0 Å². The van der Waals surface area contributed by atoms with Gasteiger partial charge in [0.1, 0.15) is 0 Å². The first-order valence-corrected chi connectivity index (χ1v) is 4.58. The first-order valence-electron chi connectivity index (χ1n) is 4.58. The van der Waals surface area contributed by atoms with Crippen molar-refractivity contribution in [1.29, 1.82) is 0 Å². The third kappa shape index (κ3) is 2.43. The number of hydrogen-bond acceptors (Lipinski definition) is 1. The van der Waals surface area contributed by atoms with Crippen LogP contribution in [0.2, 0.25) is 0 Å². The third-order valence-corrected chi connectivity index (χ3v) is 2.25. The molecule has 1 aromatic carbocycles. The van der Waals surface area contributed by atoms with E-state index in [1.54, 1.807) is 0 Å². The van der Waals surface area contributed by atoms with E-state index in [1.165, 1.54) is 16.7 Å². The van der Waals surface area contributed by atoms with Crippen molar-refractivity contribution in [1.82, 2.24) is 0 Å². The van der Waals surface area contributed by atoms with Crippen molar-refractivity contribution in [2.75, 3.05) is 0 Å². The SMILES string of the molecule is C=CCC(N)c1cc(C)ccc1C. The van der Waals surface area contributed by atoms with E-state index >= 15 is 0 Å². The second kappa shape index (κ2) is 4.24. The van der Waals surface area contributed by atoms with Crippen LogP contribution in [0.25, 0.3) is 0 Å². The van der Waals surface area contributed by atoms with Crippen LogP contribution in [0.5, 0.6) is 0 Å². The minimum Gasteiger partial charge on any atom is -0.324 e. The molecule has 1 aromatic rings. The largest absolute Gasteiger partial charge is 0.324 e. The molecule has 0 aliphatic carbocycles. The minimum absolute atomic E-state index is 0.0948. The van der Waals surface area contributed by atoms with Crippen LogP contribution in [0.4, 0.5) is 0 Å². The summed E-state index contributed by atoms with van der Waals surface area (Å²) < 4.78 is 0. The summed E-state index contributed by atoms with van der Waals surface area (Å²) in [5.74, 6) is 0. The van der Waals surface area contributed by atoms with Crippen molar-refractivity contribution in [2.24, 2.45) is 5.73 Å². The van der Waals surface area contributed by atoms with E-state index in [1.807, 2.05) is 6.08 Å². The van der Waals surface area contributed by atoms with Crippen LogP contribution >= 0.6 is 0 Å². The minimum atomic E-state index is 0.0948. The second-order valence-corrected chi connectivity index (χ2v) is 3.49. The van der Waals surface area contributed by atoms with Crippen molar-refractivity contribution in [3.8, 4) is 0 Å². The Labute approximate surface area is 80.3 Å². The lowest BCUT2D eigenvalue weighted by Crippen LogP contribution is -2.10. The lowest BCUT2D eigenvalue weighted by molar-refractivity contribution is 0.735. The lowest BCUT2D eigenvalue weighted by Gasteiger charge is -2.13. The zero-order chi connectivity index (χ0) is 9.84. The standard InChI is InChI=1S/C12H17N/c1-4-5-12(13)11-8-9(2)6-7-10(11)3/h4,6-8,12H,1,5,13H2,2-3H3. The quantitative estimate of drug-likeness (QED) is 0.702. The summed E-state index contributed by atoms with van der Waals surface area (Å²) in [5, 5.41) is 0. The van der Waals surface area contributed by atoms with Gasteiger partial charge in [0.05, 0.1) is 0 Å². The van der Waals surface area contributed by atoms with Gasteiger partial charge >= 0.3 is 0 Å². The van der Waals surface area contributed by atoms with E-state index in [2.05, 4.69) is 38.6 Å². The van der Waals surface area contributed by atoms with Crippen LogP contribution in [-0.4, -0.2) is 0 Å². The van der Waals surface area contributed by atoms with Gasteiger partial charge in [0.15, 0.2) is 0 Å². The summed E-state index contributed by atoms with van der Waals surface area (Å²) in [6.07, 6.45) is 2.71. The number of hydrogen-bond donors (Lipinski definition) is 1. The van der Waals surface area contributed by atoms with Gasteiger partial charge in [0.2, 0.25) is 0 Å². The maximum atomic E-state index is 6.00. The zero-order valence-electron chi connectivity index (χ0n) is 8.38. The lowest BCUT2D eigenvalue weighted by atomic mass is 9.97. The molecule has 1 heteroatoms. The highest BCUT2D eigenvalue weighted by Gasteiger charge is 2.06. The summed E-state index contributed by atoms with van der Waals surface area (Å²) in [5.41, 5.74) is 9.77. The Kier molecular flexibility index (Phi) is 3.26. The Balaban J connectivity index is 2.97. The van der Waals surface area contributed by atoms with Crippen LogP contribution < -0.4 is 5.73 Å². The second-order valence-electron chi connectivity index (χ2n) is 3.49. The molecule has 70 valence electrons. The van der Waals surface area contributed by atoms with Gasteiger partial charge in [-0.3, -0.25) is 0 Å². The Morgan fingerprint density at radius 1 is 1.46 bits per heavy atom. The first kappa shape index (κ1) is 10.0. The van der Waals surface area contributed by atoms with Gasteiger partial charge in [0, 0.05) is 6.04 Å². The van der Waals surface area contributed by atoms with Gasteiger partial charge < -0.3 is 5.73 Å². The number of benzene rings is 1. The van der Waals surface area contributed by atoms with Gasteiger partial charge in [-0.25, -0.2) is 0 Å². The Morgan fingerprint density at radius 3 is 2.77 bits per heavy atom. The maximum absolute atomic E-state index is 6.00.